The maximum atomic E-state index is 13.0. The van der Waals surface area contributed by atoms with Crippen LogP contribution in [0.3, 0.4) is 0 Å². The molecule has 1 saturated heterocycles. The maximum Gasteiger partial charge on any atom is 0.301 e. The van der Waals surface area contributed by atoms with Gasteiger partial charge in [-0.1, -0.05) is 58.4 Å². The lowest BCUT2D eigenvalue weighted by Gasteiger charge is -2.23. The Morgan fingerprint density at radius 1 is 1.10 bits per heavy atom. The van der Waals surface area contributed by atoms with Gasteiger partial charge in [-0.25, -0.2) is 4.98 Å². The average molecular weight is 469 g/mol. The second kappa shape index (κ2) is 7.57. The van der Waals surface area contributed by atoms with Crippen LogP contribution < -0.4 is 4.90 Å². The Labute approximate surface area is 180 Å². The smallest absolute Gasteiger partial charge is 0.301 e. The van der Waals surface area contributed by atoms with Crippen LogP contribution in [0.1, 0.15) is 27.7 Å². The van der Waals surface area contributed by atoms with E-state index in [9.17, 15) is 14.7 Å². The normalized spacial score (nSPS) is 18.4. The summed E-state index contributed by atoms with van der Waals surface area (Å²) >= 11 is 4.81. The zero-order valence-electron chi connectivity index (χ0n) is 15.7. The Morgan fingerprint density at radius 2 is 1.83 bits per heavy atom. The van der Waals surface area contributed by atoms with Crippen molar-refractivity contribution in [3.63, 3.8) is 0 Å². The predicted molar refractivity (Wildman–Crippen MR) is 117 cm³/mol. The highest BCUT2D eigenvalue weighted by atomic mass is 79.9. The Morgan fingerprint density at radius 3 is 2.45 bits per heavy atom. The van der Waals surface area contributed by atoms with Crippen molar-refractivity contribution in [3.8, 4) is 0 Å². The number of aliphatic hydroxyl groups is 1. The van der Waals surface area contributed by atoms with Crippen LogP contribution in [0, 0.1) is 13.8 Å². The summed E-state index contributed by atoms with van der Waals surface area (Å²) in [6, 6.07) is 15.4. The van der Waals surface area contributed by atoms with Crippen molar-refractivity contribution < 1.29 is 14.7 Å². The van der Waals surface area contributed by atoms with Gasteiger partial charge in [-0.15, -0.1) is 11.3 Å². The van der Waals surface area contributed by atoms with E-state index in [4.69, 9.17) is 0 Å². The molecular formula is C22H17BrN2O3S. The van der Waals surface area contributed by atoms with E-state index in [1.54, 1.807) is 24.3 Å². The highest BCUT2D eigenvalue weighted by Crippen LogP contribution is 2.44. The third kappa shape index (κ3) is 3.41. The van der Waals surface area contributed by atoms with E-state index in [2.05, 4.69) is 20.9 Å². The number of ketones is 1. The van der Waals surface area contributed by atoms with Crippen molar-refractivity contribution in [1.82, 2.24) is 4.98 Å². The topological polar surface area (TPSA) is 70.5 Å². The molecule has 1 aliphatic heterocycles. The number of benzene rings is 2. The number of thiazole rings is 1. The molecule has 1 unspecified atom stereocenters. The van der Waals surface area contributed by atoms with Gasteiger partial charge in [0.25, 0.3) is 5.78 Å². The molecule has 1 N–H and O–H groups in total. The van der Waals surface area contributed by atoms with E-state index in [1.165, 1.54) is 16.2 Å². The maximum absolute atomic E-state index is 13.0. The van der Waals surface area contributed by atoms with Crippen molar-refractivity contribution >= 4 is 49.8 Å². The number of carbonyl (C=O) groups excluding carboxylic acids is 2. The monoisotopic (exact) mass is 468 g/mol. The molecule has 2 aromatic carbocycles. The highest BCUT2D eigenvalue weighted by molar-refractivity contribution is 9.10. The number of aryl methyl sites for hydroxylation is 2. The van der Waals surface area contributed by atoms with Gasteiger partial charge in [-0.3, -0.25) is 14.5 Å². The largest absolute Gasteiger partial charge is 0.507 e. The molecule has 0 saturated carbocycles. The van der Waals surface area contributed by atoms with E-state index < -0.39 is 17.7 Å². The number of Topliss-reactive ketones (excluding diaryl/α,β-unsaturated/α-hetero) is 1. The second-order valence-corrected chi connectivity index (χ2v) is 8.83. The Balaban J connectivity index is 1.97. The predicted octanol–water partition coefficient (Wildman–Crippen LogP) is 5.15. The van der Waals surface area contributed by atoms with E-state index >= 15 is 0 Å². The molecule has 2 heterocycles. The zero-order chi connectivity index (χ0) is 20.7. The number of hydrogen-bond acceptors (Lipinski definition) is 5. The minimum absolute atomic E-state index is 0.0600. The summed E-state index contributed by atoms with van der Waals surface area (Å²) < 4.78 is 0.812. The lowest BCUT2D eigenvalue weighted by Crippen LogP contribution is -2.29. The summed E-state index contributed by atoms with van der Waals surface area (Å²) in [7, 11) is 0. The molecule has 5 nitrogen and oxygen atoms in total. The van der Waals surface area contributed by atoms with Gasteiger partial charge in [0.15, 0.2) is 5.13 Å². The highest BCUT2D eigenvalue weighted by Gasteiger charge is 2.48. The van der Waals surface area contributed by atoms with Gasteiger partial charge in [0.2, 0.25) is 0 Å². The second-order valence-electron chi connectivity index (χ2n) is 6.73. The number of aromatic nitrogens is 1. The van der Waals surface area contributed by atoms with Gasteiger partial charge < -0.3 is 5.11 Å². The first kappa shape index (κ1) is 19.5. The average Bonchev–Trinajstić information content (AvgIpc) is 3.18. The molecule has 3 aromatic rings. The SMILES string of the molecule is Cc1nc(N2C(=O)C(=O)/C(=C(/O)c3ccccc3)C2c2cccc(Br)c2)sc1C. The summed E-state index contributed by atoms with van der Waals surface area (Å²) in [5.74, 6) is -1.61. The summed E-state index contributed by atoms with van der Waals surface area (Å²) in [6.07, 6.45) is 0. The minimum atomic E-state index is -0.766. The van der Waals surface area contributed by atoms with Crippen LogP contribution in [0.15, 0.2) is 64.6 Å². The van der Waals surface area contributed by atoms with Gasteiger partial charge in [0, 0.05) is 14.9 Å². The number of nitrogens with zero attached hydrogens (tertiary/aromatic N) is 2. The first-order valence-corrected chi connectivity index (χ1v) is 10.6. The molecule has 0 bridgehead atoms. The Kier molecular flexibility index (Phi) is 5.10. The molecule has 29 heavy (non-hydrogen) atoms. The number of carbonyl (C=O) groups is 2. The number of anilines is 1. The van der Waals surface area contributed by atoms with Crippen LogP contribution in [-0.2, 0) is 9.59 Å². The van der Waals surface area contributed by atoms with Gasteiger partial charge in [0.05, 0.1) is 17.3 Å². The van der Waals surface area contributed by atoms with Crippen LogP contribution in [0.5, 0.6) is 0 Å². The molecule has 1 fully saturated rings. The van der Waals surface area contributed by atoms with Crippen LogP contribution >= 0.6 is 27.3 Å². The lowest BCUT2D eigenvalue weighted by molar-refractivity contribution is -0.132. The standard InChI is InChI=1S/C22H17BrN2O3S/c1-12-13(2)29-22(24-12)25-18(15-9-6-10-16(23)11-15)17(20(27)21(25)28)19(26)14-7-4-3-5-8-14/h3-11,18,26H,1-2H3/b19-17+. The number of halogens is 1. The first-order valence-electron chi connectivity index (χ1n) is 8.94. The molecule has 7 heteroatoms. The number of rotatable bonds is 3. The van der Waals surface area contributed by atoms with Crippen LogP contribution in [0.2, 0.25) is 0 Å². The van der Waals surface area contributed by atoms with E-state index in [0.29, 0.717) is 16.3 Å². The van der Waals surface area contributed by atoms with Crippen molar-refractivity contribution in [2.75, 3.05) is 4.90 Å². The minimum Gasteiger partial charge on any atom is -0.507 e. The summed E-state index contributed by atoms with van der Waals surface area (Å²) in [5.41, 5.74) is 2.06. The van der Waals surface area contributed by atoms with Gasteiger partial charge >= 0.3 is 5.91 Å². The molecule has 0 aliphatic carbocycles. The summed E-state index contributed by atoms with van der Waals surface area (Å²) in [6.45, 7) is 3.79. The van der Waals surface area contributed by atoms with Crippen molar-refractivity contribution in [2.45, 2.75) is 19.9 Å². The lowest BCUT2D eigenvalue weighted by atomic mass is 9.95. The summed E-state index contributed by atoms with van der Waals surface area (Å²) in [4.78, 5) is 32.9. The van der Waals surface area contributed by atoms with Gasteiger partial charge in [-0.2, -0.15) is 0 Å². The van der Waals surface area contributed by atoms with Crippen LogP contribution in [0.25, 0.3) is 5.76 Å². The van der Waals surface area contributed by atoms with E-state index in [0.717, 1.165) is 15.0 Å². The molecule has 1 atom stereocenters. The number of hydrogen-bond donors (Lipinski definition) is 1. The molecule has 146 valence electrons. The third-order valence-corrected chi connectivity index (χ3v) is 6.44. The molecule has 1 aromatic heterocycles. The fourth-order valence-electron chi connectivity index (χ4n) is 3.33. The number of amides is 1. The molecule has 1 amide bonds. The summed E-state index contributed by atoms with van der Waals surface area (Å²) in [5, 5.41) is 11.4. The van der Waals surface area contributed by atoms with E-state index in [1.807, 2.05) is 44.2 Å². The third-order valence-electron chi connectivity index (χ3n) is 4.88. The van der Waals surface area contributed by atoms with Gasteiger partial charge in [0.1, 0.15) is 5.76 Å². The molecule has 0 spiro atoms. The van der Waals surface area contributed by atoms with Crippen LogP contribution in [-0.4, -0.2) is 21.8 Å². The number of aliphatic hydroxyl groups excluding tert-OH is 1. The fraction of sp³-hybridized carbons (Fsp3) is 0.136. The molecule has 4 rings (SSSR count). The molecule has 1 aliphatic rings. The molecule has 0 radical (unpaired) electrons. The van der Waals surface area contributed by atoms with Crippen molar-refractivity contribution in [3.05, 3.63) is 86.3 Å². The molecular weight excluding hydrogens is 452 g/mol. The van der Waals surface area contributed by atoms with Crippen molar-refractivity contribution in [2.24, 2.45) is 0 Å². The zero-order valence-corrected chi connectivity index (χ0v) is 18.1. The van der Waals surface area contributed by atoms with Crippen LogP contribution in [0.4, 0.5) is 5.13 Å². The van der Waals surface area contributed by atoms with E-state index in [-0.39, 0.29) is 11.3 Å². The Bertz CT molecular complexity index is 1130. The van der Waals surface area contributed by atoms with Gasteiger partial charge in [-0.05, 0) is 31.5 Å². The van der Waals surface area contributed by atoms with Crippen molar-refractivity contribution in [1.29, 1.82) is 0 Å². The fourth-order valence-corrected chi connectivity index (χ4v) is 4.69. The quantitative estimate of drug-likeness (QED) is 0.327. The Hall–Kier alpha value is -2.77. The first-order chi connectivity index (χ1) is 13.9.